The topological polar surface area (TPSA) is 77.8 Å². The highest BCUT2D eigenvalue weighted by Gasteiger charge is 2.11. The summed E-state index contributed by atoms with van der Waals surface area (Å²) in [4.78, 5) is 9.58. The lowest BCUT2D eigenvalue weighted by molar-refractivity contribution is 1.32. The van der Waals surface area contributed by atoms with Crippen LogP contribution in [0.3, 0.4) is 0 Å². The highest BCUT2D eigenvalue weighted by molar-refractivity contribution is 7.21. The van der Waals surface area contributed by atoms with E-state index < -0.39 is 0 Å². The maximum atomic E-state index is 5.82. The van der Waals surface area contributed by atoms with Crippen molar-refractivity contribution in [2.75, 3.05) is 5.73 Å². The van der Waals surface area contributed by atoms with Crippen molar-refractivity contribution in [2.45, 2.75) is 6.92 Å². The van der Waals surface area contributed by atoms with Crippen LogP contribution >= 0.6 is 22.7 Å². The molecule has 0 aliphatic heterocycles. The van der Waals surface area contributed by atoms with Crippen molar-refractivity contribution in [1.29, 1.82) is 0 Å². The van der Waals surface area contributed by atoms with E-state index in [0.29, 0.717) is 0 Å². The van der Waals surface area contributed by atoms with Gasteiger partial charge in [0.1, 0.15) is 10.0 Å². The maximum Gasteiger partial charge on any atom is 0.124 e. The number of aromatic nitrogens is 2. The Balaban J connectivity index is 1.51. The number of rotatable bonds is 5. The number of thiazole rings is 2. The molecule has 0 saturated heterocycles. The number of nitrogens with two attached hydrogens (primary N) is 2. The summed E-state index contributed by atoms with van der Waals surface area (Å²) in [6, 6.07) is 20.7. The molecule has 0 atom stereocenters. The number of nitrogens with zero attached hydrogens (tertiary/aromatic N) is 2. The number of fused-ring (bicyclic) bond motifs is 2. The Hall–Kier alpha value is -3.74. The fraction of sp³-hybridized carbons (Fsp3) is 0.0370. The molecule has 0 radical (unpaired) electrons. The first-order chi connectivity index (χ1) is 16.0. The standard InChI is InChI=1S/C27H22N4S2/c1-3-17(5-4-16(2)28)26-30-22-12-8-19(14-24(22)32-26)20-9-13-23-25(15-20)33-27(31-23)18-6-10-21(29)11-7-18/h3-15H,1,28-29H2,2H3/b16-4+,17-5+. The lowest BCUT2D eigenvalue weighted by Gasteiger charge is -2.01. The molecule has 0 saturated carbocycles. The van der Waals surface area contributed by atoms with Crippen LogP contribution < -0.4 is 11.5 Å². The normalized spacial score (nSPS) is 12.5. The third-order valence-electron chi connectivity index (χ3n) is 5.26. The minimum absolute atomic E-state index is 0.746. The van der Waals surface area contributed by atoms with Gasteiger partial charge in [-0.1, -0.05) is 30.9 Å². The predicted molar refractivity (Wildman–Crippen MR) is 144 cm³/mol. The molecule has 0 aliphatic rings. The van der Waals surface area contributed by atoms with Gasteiger partial charge >= 0.3 is 0 Å². The highest BCUT2D eigenvalue weighted by Crippen LogP contribution is 2.35. The van der Waals surface area contributed by atoms with Crippen LogP contribution in [0.4, 0.5) is 5.69 Å². The van der Waals surface area contributed by atoms with Gasteiger partial charge in [0.25, 0.3) is 0 Å². The highest BCUT2D eigenvalue weighted by atomic mass is 32.1. The summed E-state index contributed by atoms with van der Waals surface area (Å²) in [5, 5.41) is 1.93. The van der Waals surface area contributed by atoms with E-state index in [9.17, 15) is 0 Å². The van der Waals surface area contributed by atoms with Crippen LogP contribution in [0.5, 0.6) is 0 Å². The Morgan fingerprint density at radius 3 is 2.06 bits per heavy atom. The molecule has 0 bridgehead atoms. The van der Waals surface area contributed by atoms with E-state index in [2.05, 4.69) is 43.0 Å². The van der Waals surface area contributed by atoms with Gasteiger partial charge in [-0.25, -0.2) is 9.97 Å². The van der Waals surface area contributed by atoms with E-state index in [4.69, 9.17) is 21.4 Å². The monoisotopic (exact) mass is 466 g/mol. The Bertz CT molecular complexity index is 1550. The summed E-state index contributed by atoms with van der Waals surface area (Å²) in [5.74, 6) is 0. The smallest absolute Gasteiger partial charge is 0.124 e. The van der Waals surface area contributed by atoms with Crippen LogP contribution in [0.15, 0.2) is 91.2 Å². The lowest BCUT2D eigenvalue weighted by atomic mass is 10.1. The van der Waals surface area contributed by atoms with Gasteiger partial charge in [0.05, 0.1) is 20.4 Å². The number of hydrogen-bond acceptors (Lipinski definition) is 6. The zero-order valence-electron chi connectivity index (χ0n) is 18.1. The van der Waals surface area contributed by atoms with E-state index in [0.717, 1.165) is 64.1 Å². The SMILES string of the molecule is C=C/C(=C\C=C(/C)N)c1nc2ccc(-c3ccc4nc(-c5ccc(N)cc5)sc4c3)cc2s1. The molecule has 3 aromatic carbocycles. The quantitative estimate of drug-likeness (QED) is 0.211. The Labute approximate surface area is 200 Å². The average molecular weight is 467 g/mol. The Morgan fingerprint density at radius 1 is 0.818 bits per heavy atom. The van der Waals surface area contributed by atoms with Crippen LogP contribution in [0.1, 0.15) is 11.9 Å². The molecular formula is C27H22N4S2. The van der Waals surface area contributed by atoms with Gasteiger partial charge in [-0.2, -0.15) is 0 Å². The van der Waals surface area contributed by atoms with E-state index in [1.54, 1.807) is 22.7 Å². The fourth-order valence-electron chi connectivity index (χ4n) is 3.53. The molecule has 0 amide bonds. The summed E-state index contributed by atoms with van der Waals surface area (Å²) in [7, 11) is 0. The summed E-state index contributed by atoms with van der Waals surface area (Å²) < 4.78 is 2.29. The van der Waals surface area contributed by atoms with Crippen molar-refractivity contribution in [1.82, 2.24) is 9.97 Å². The second kappa shape index (κ2) is 8.65. The van der Waals surface area contributed by atoms with E-state index in [-0.39, 0.29) is 0 Å². The number of hydrogen-bond donors (Lipinski definition) is 2. The van der Waals surface area contributed by atoms with Gasteiger partial charge in [0.2, 0.25) is 0 Å². The molecule has 33 heavy (non-hydrogen) atoms. The molecule has 162 valence electrons. The largest absolute Gasteiger partial charge is 0.402 e. The minimum Gasteiger partial charge on any atom is -0.402 e. The van der Waals surface area contributed by atoms with Crippen LogP contribution in [0, 0.1) is 0 Å². The number of benzene rings is 3. The van der Waals surface area contributed by atoms with Gasteiger partial charge < -0.3 is 11.5 Å². The molecule has 2 heterocycles. The number of nitrogen functional groups attached to an aromatic ring is 1. The van der Waals surface area contributed by atoms with Gasteiger partial charge in [-0.3, -0.25) is 0 Å². The molecule has 0 aliphatic carbocycles. The molecule has 2 aromatic heterocycles. The van der Waals surface area contributed by atoms with Crippen LogP contribution in [0.2, 0.25) is 0 Å². The summed E-state index contributed by atoms with van der Waals surface area (Å²) in [6.07, 6.45) is 5.64. The van der Waals surface area contributed by atoms with Crippen molar-refractivity contribution < 1.29 is 0 Å². The zero-order chi connectivity index (χ0) is 22.9. The summed E-state index contributed by atoms with van der Waals surface area (Å²) in [6.45, 7) is 5.79. The first kappa shape index (κ1) is 21.1. The van der Waals surface area contributed by atoms with Crippen LogP contribution in [-0.2, 0) is 0 Å². The number of anilines is 1. The predicted octanol–water partition coefficient (Wildman–Crippen LogP) is 7.25. The molecule has 4 N–H and O–H groups in total. The van der Waals surface area contributed by atoms with Gasteiger partial charge in [-0.15, -0.1) is 22.7 Å². The van der Waals surface area contributed by atoms with Gasteiger partial charge in [0.15, 0.2) is 0 Å². The molecule has 0 unspecified atom stereocenters. The summed E-state index contributed by atoms with van der Waals surface area (Å²) in [5.41, 5.74) is 19.4. The van der Waals surface area contributed by atoms with Crippen molar-refractivity contribution >= 4 is 54.4 Å². The molecule has 5 aromatic rings. The number of allylic oxidation sites excluding steroid dienone is 5. The van der Waals surface area contributed by atoms with Gasteiger partial charge in [-0.05, 0) is 72.7 Å². The summed E-state index contributed by atoms with van der Waals surface area (Å²) >= 11 is 3.35. The van der Waals surface area contributed by atoms with Crippen molar-refractivity contribution in [2.24, 2.45) is 5.73 Å². The molecular weight excluding hydrogens is 444 g/mol. The van der Waals surface area contributed by atoms with Crippen molar-refractivity contribution in [3.05, 3.63) is 96.2 Å². The van der Waals surface area contributed by atoms with Gasteiger partial charge in [0, 0.05) is 22.5 Å². The van der Waals surface area contributed by atoms with Crippen LogP contribution in [-0.4, -0.2) is 9.97 Å². The molecule has 4 nitrogen and oxygen atoms in total. The maximum absolute atomic E-state index is 5.82. The zero-order valence-corrected chi connectivity index (χ0v) is 19.7. The first-order valence-corrected chi connectivity index (χ1v) is 12.1. The minimum atomic E-state index is 0.746. The van der Waals surface area contributed by atoms with Crippen LogP contribution in [0.25, 0.3) is 47.7 Å². The second-order valence-electron chi connectivity index (χ2n) is 7.76. The molecule has 6 heteroatoms. The third kappa shape index (κ3) is 4.31. The van der Waals surface area contributed by atoms with E-state index >= 15 is 0 Å². The van der Waals surface area contributed by atoms with Crippen molar-refractivity contribution in [3.63, 3.8) is 0 Å². The van der Waals surface area contributed by atoms with Crippen molar-refractivity contribution in [3.8, 4) is 21.7 Å². The van der Waals surface area contributed by atoms with E-state index in [1.807, 2.05) is 49.4 Å². The molecule has 5 rings (SSSR count). The first-order valence-electron chi connectivity index (χ1n) is 10.4. The Morgan fingerprint density at radius 2 is 1.42 bits per heavy atom. The average Bonchev–Trinajstić information content (AvgIpc) is 3.43. The fourth-order valence-corrected chi connectivity index (χ4v) is 5.56. The Kier molecular flexibility index (Phi) is 5.54. The lowest BCUT2D eigenvalue weighted by Crippen LogP contribution is -1.88. The second-order valence-corrected chi connectivity index (χ2v) is 9.82. The molecule has 0 fully saturated rings. The third-order valence-corrected chi connectivity index (χ3v) is 7.39. The van der Waals surface area contributed by atoms with E-state index in [1.165, 1.54) is 0 Å². The molecule has 0 spiro atoms.